The lowest BCUT2D eigenvalue weighted by Gasteiger charge is -2.14. The number of hydrogen-bond donors (Lipinski definition) is 0. The van der Waals surface area contributed by atoms with Gasteiger partial charge in [-0.15, -0.1) is 0 Å². The van der Waals surface area contributed by atoms with E-state index in [1.165, 1.54) is 36.4 Å². The zero-order valence-electron chi connectivity index (χ0n) is 17.6. The topological polar surface area (TPSA) is 89.5 Å². The third kappa shape index (κ3) is 3.27. The van der Waals surface area contributed by atoms with E-state index in [0.717, 1.165) is 26.7 Å². The van der Waals surface area contributed by atoms with Gasteiger partial charge in [0.05, 0.1) is 33.3 Å². The van der Waals surface area contributed by atoms with Crippen LogP contribution in [0.4, 0.5) is 5.69 Å². The largest absolute Gasteiger partial charge is 0.423 e. The highest BCUT2D eigenvalue weighted by atomic mass is 16.5. The molecule has 0 spiro atoms. The van der Waals surface area contributed by atoms with E-state index in [1.54, 1.807) is 18.2 Å². The van der Waals surface area contributed by atoms with Crippen LogP contribution in [0.2, 0.25) is 0 Å². The molecule has 34 heavy (non-hydrogen) atoms. The van der Waals surface area contributed by atoms with E-state index in [-0.39, 0.29) is 5.56 Å². The molecule has 1 aliphatic rings. The molecule has 0 bridgehead atoms. The number of anilines is 1. The average Bonchev–Trinajstić information content (AvgIpc) is 3.20. The number of hydrogen-bond acceptors (Lipinski definition) is 6. The Balaban J connectivity index is 1.29. The van der Waals surface area contributed by atoms with Gasteiger partial charge in [-0.05, 0) is 47.9 Å². The summed E-state index contributed by atoms with van der Waals surface area (Å²) < 4.78 is 5.55. The number of benzene rings is 4. The number of amides is 2. The molecule has 162 valence electrons. The summed E-state index contributed by atoms with van der Waals surface area (Å²) in [4.78, 5) is 46.8. The first kappa shape index (κ1) is 19.8. The summed E-state index contributed by atoms with van der Waals surface area (Å²) in [6, 6.07) is 23.1. The SMILES string of the molecule is O=C(Oc1ccc2nc3ccc4ccccc4c3nc2c1)c1ccc(N2C(=O)C=CC2=O)cc1. The number of aromatic nitrogens is 2. The fourth-order valence-corrected chi connectivity index (χ4v) is 4.02. The first-order valence-corrected chi connectivity index (χ1v) is 10.5. The Hall–Kier alpha value is -4.91. The lowest BCUT2D eigenvalue weighted by atomic mass is 10.1. The number of carbonyl (C=O) groups is 3. The molecule has 5 aromatic rings. The smallest absolute Gasteiger partial charge is 0.343 e. The Morgan fingerprint density at radius 2 is 1.47 bits per heavy atom. The van der Waals surface area contributed by atoms with Crippen LogP contribution in [0, 0.1) is 0 Å². The molecule has 6 rings (SSSR count). The quantitative estimate of drug-likeness (QED) is 0.133. The molecule has 1 aliphatic heterocycles. The van der Waals surface area contributed by atoms with Crippen molar-refractivity contribution in [3.05, 3.63) is 96.6 Å². The minimum atomic E-state index is -0.567. The van der Waals surface area contributed by atoms with Crippen molar-refractivity contribution in [3.63, 3.8) is 0 Å². The van der Waals surface area contributed by atoms with Gasteiger partial charge >= 0.3 is 5.97 Å². The molecule has 2 amide bonds. The van der Waals surface area contributed by atoms with Crippen molar-refractivity contribution in [1.29, 1.82) is 0 Å². The van der Waals surface area contributed by atoms with Crippen LogP contribution in [0.5, 0.6) is 5.75 Å². The average molecular weight is 445 g/mol. The van der Waals surface area contributed by atoms with Crippen LogP contribution in [0.3, 0.4) is 0 Å². The summed E-state index contributed by atoms with van der Waals surface area (Å²) in [7, 11) is 0. The lowest BCUT2D eigenvalue weighted by molar-refractivity contribution is -0.119. The zero-order chi connectivity index (χ0) is 23.2. The first-order chi connectivity index (χ1) is 16.6. The minimum Gasteiger partial charge on any atom is -0.423 e. The molecular formula is C27H15N3O4. The molecule has 0 saturated carbocycles. The summed E-state index contributed by atoms with van der Waals surface area (Å²) >= 11 is 0. The molecule has 0 unspecified atom stereocenters. The van der Waals surface area contributed by atoms with Crippen LogP contribution in [-0.4, -0.2) is 27.8 Å². The van der Waals surface area contributed by atoms with Gasteiger partial charge in [-0.1, -0.05) is 30.3 Å². The summed E-state index contributed by atoms with van der Waals surface area (Å²) in [6.07, 6.45) is 2.41. The second-order valence-electron chi connectivity index (χ2n) is 7.81. The van der Waals surface area contributed by atoms with Crippen LogP contribution in [0.25, 0.3) is 32.8 Å². The summed E-state index contributed by atoms with van der Waals surface area (Å²) in [5, 5.41) is 2.07. The number of carbonyl (C=O) groups excluding carboxylic acids is 3. The number of fused-ring (bicyclic) bond motifs is 4. The normalized spacial score (nSPS) is 13.4. The number of nitrogens with zero attached hydrogens (tertiary/aromatic N) is 3. The number of imide groups is 1. The van der Waals surface area contributed by atoms with Crippen LogP contribution in [0.15, 0.2) is 91.0 Å². The molecular weight excluding hydrogens is 430 g/mol. The van der Waals surface area contributed by atoms with Crippen molar-refractivity contribution in [1.82, 2.24) is 9.97 Å². The molecule has 7 nitrogen and oxygen atoms in total. The lowest BCUT2D eigenvalue weighted by Crippen LogP contribution is -2.29. The van der Waals surface area contributed by atoms with Crippen molar-refractivity contribution in [3.8, 4) is 5.75 Å². The van der Waals surface area contributed by atoms with Crippen molar-refractivity contribution < 1.29 is 19.1 Å². The molecule has 0 saturated heterocycles. The molecule has 0 aliphatic carbocycles. The van der Waals surface area contributed by atoms with Gasteiger partial charge in [0.1, 0.15) is 5.75 Å². The monoisotopic (exact) mass is 445 g/mol. The van der Waals surface area contributed by atoms with Crippen molar-refractivity contribution >= 4 is 56.3 Å². The summed E-state index contributed by atoms with van der Waals surface area (Å²) in [5.41, 5.74) is 3.55. The fraction of sp³-hybridized carbons (Fsp3) is 0. The Morgan fingerprint density at radius 1 is 0.735 bits per heavy atom. The highest BCUT2D eigenvalue weighted by Gasteiger charge is 2.25. The first-order valence-electron chi connectivity index (χ1n) is 10.5. The molecule has 0 atom stereocenters. The van der Waals surface area contributed by atoms with Gasteiger partial charge in [-0.2, -0.15) is 0 Å². The van der Waals surface area contributed by atoms with E-state index in [2.05, 4.69) is 0 Å². The molecule has 0 radical (unpaired) electrons. The van der Waals surface area contributed by atoms with Gasteiger partial charge in [0.2, 0.25) is 0 Å². The fourth-order valence-electron chi connectivity index (χ4n) is 4.02. The maximum absolute atomic E-state index is 12.7. The second kappa shape index (κ2) is 7.60. The highest BCUT2D eigenvalue weighted by Crippen LogP contribution is 2.27. The van der Waals surface area contributed by atoms with Gasteiger partial charge in [0.15, 0.2) is 0 Å². The van der Waals surface area contributed by atoms with Gasteiger partial charge < -0.3 is 4.74 Å². The molecule has 0 fully saturated rings. The Morgan fingerprint density at radius 3 is 2.26 bits per heavy atom. The molecule has 0 N–H and O–H groups in total. The van der Waals surface area contributed by atoms with E-state index < -0.39 is 17.8 Å². The van der Waals surface area contributed by atoms with E-state index in [1.807, 2.05) is 36.4 Å². The van der Waals surface area contributed by atoms with E-state index in [0.29, 0.717) is 22.5 Å². The Labute approximate surface area is 192 Å². The van der Waals surface area contributed by atoms with E-state index >= 15 is 0 Å². The summed E-state index contributed by atoms with van der Waals surface area (Å²) in [6.45, 7) is 0. The van der Waals surface area contributed by atoms with Crippen LogP contribution in [0.1, 0.15) is 10.4 Å². The number of ether oxygens (including phenoxy) is 1. The molecule has 7 heteroatoms. The third-order valence-corrected chi connectivity index (χ3v) is 5.68. The van der Waals surface area contributed by atoms with E-state index in [9.17, 15) is 14.4 Å². The van der Waals surface area contributed by atoms with Gasteiger partial charge in [0, 0.05) is 23.6 Å². The number of esters is 1. The van der Waals surface area contributed by atoms with Crippen LogP contribution < -0.4 is 9.64 Å². The van der Waals surface area contributed by atoms with Crippen molar-refractivity contribution in [2.24, 2.45) is 0 Å². The maximum Gasteiger partial charge on any atom is 0.343 e. The van der Waals surface area contributed by atoms with Crippen LogP contribution in [-0.2, 0) is 9.59 Å². The number of rotatable bonds is 3. The molecule has 1 aromatic heterocycles. The summed E-state index contributed by atoms with van der Waals surface area (Å²) in [5.74, 6) is -1.07. The van der Waals surface area contributed by atoms with Gasteiger partial charge in [-0.25, -0.2) is 19.7 Å². The Kier molecular flexibility index (Phi) is 4.41. The maximum atomic E-state index is 12.7. The van der Waals surface area contributed by atoms with E-state index in [4.69, 9.17) is 14.7 Å². The highest BCUT2D eigenvalue weighted by molar-refractivity contribution is 6.28. The predicted molar refractivity (Wildman–Crippen MR) is 128 cm³/mol. The minimum absolute atomic E-state index is 0.284. The third-order valence-electron chi connectivity index (χ3n) is 5.68. The van der Waals surface area contributed by atoms with Gasteiger partial charge in [0.25, 0.3) is 11.8 Å². The van der Waals surface area contributed by atoms with Crippen molar-refractivity contribution in [2.45, 2.75) is 0 Å². The van der Waals surface area contributed by atoms with Gasteiger partial charge in [-0.3, -0.25) is 9.59 Å². The molecule has 4 aromatic carbocycles. The van der Waals surface area contributed by atoms with Crippen molar-refractivity contribution in [2.75, 3.05) is 4.90 Å². The second-order valence-corrected chi connectivity index (χ2v) is 7.81. The zero-order valence-corrected chi connectivity index (χ0v) is 17.6. The molecule has 2 heterocycles. The standard InChI is InChI=1S/C27H15N3O4/c31-24-13-14-25(32)30(24)18-8-5-17(6-9-18)27(33)34-19-10-12-21-23(15-19)29-26-20-4-2-1-3-16(20)7-11-22(26)28-21/h1-15H. The predicted octanol–water partition coefficient (Wildman–Crippen LogP) is 4.58. The van der Waals surface area contributed by atoms with Crippen LogP contribution >= 0.6 is 0 Å². The Bertz CT molecular complexity index is 1670.